The van der Waals surface area contributed by atoms with Crippen LogP contribution >= 0.6 is 17.0 Å². The summed E-state index contributed by atoms with van der Waals surface area (Å²) in [6.45, 7) is 2.42. The van der Waals surface area contributed by atoms with Crippen LogP contribution in [0.1, 0.15) is 15.9 Å². The molecule has 0 spiro atoms. The fraction of sp³-hybridized carbons (Fsp3) is 0.0833. The third-order valence-electron chi connectivity index (χ3n) is 4.66. The van der Waals surface area contributed by atoms with Crippen LogP contribution in [0.4, 0.5) is 0 Å². The predicted molar refractivity (Wildman–Crippen MR) is 115 cm³/mol. The Morgan fingerprint density at radius 3 is 2.26 bits per heavy atom. The molecule has 0 saturated carbocycles. The molecule has 0 unspecified atom stereocenters. The SMILES string of the molecule is Br.Cc1ccc2c(ccc[n+]2CC(=O)c2ccc(-c3ccccc3)cc2)c1. The molecule has 0 fully saturated rings. The minimum Gasteiger partial charge on any atom is -0.287 e. The maximum absolute atomic E-state index is 12.8. The van der Waals surface area contributed by atoms with Gasteiger partial charge < -0.3 is 0 Å². The van der Waals surface area contributed by atoms with Crippen LogP contribution in [0.25, 0.3) is 22.0 Å². The van der Waals surface area contributed by atoms with Crippen molar-refractivity contribution >= 4 is 33.7 Å². The van der Waals surface area contributed by atoms with Crippen LogP contribution < -0.4 is 4.57 Å². The van der Waals surface area contributed by atoms with E-state index >= 15 is 0 Å². The van der Waals surface area contributed by atoms with Gasteiger partial charge in [0.15, 0.2) is 6.20 Å². The first-order valence-corrected chi connectivity index (χ1v) is 8.78. The summed E-state index contributed by atoms with van der Waals surface area (Å²) in [5.41, 5.74) is 5.31. The zero-order chi connectivity index (χ0) is 17.9. The van der Waals surface area contributed by atoms with Crippen LogP contribution in [0.2, 0.25) is 0 Å². The largest absolute Gasteiger partial charge is 0.287 e. The second-order valence-electron chi connectivity index (χ2n) is 6.56. The minimum absolute atomic E-state index is 0. The van der Waals surface area contributed by atoms with E-state index < -0.39 is 0 Å². The number of rotatable bonds is 4. The number of benzene rings is 3. The monoisotopic (exact) mass is 418 g/mol. The van der Waals surface area contributed by atoms with Gasteiger partial charge in [0.25, 0.3) is 0 Å². The highest BCUT2D eigenvalue weighted by Crippen LogP contribution is 2.19. The van der Waals surface area contributed by atoms with Crippen molar-refractivity contribution in [2.75, 3.05) is 0 Å². The lowest BCUT2D eigenvalue weighted by molar-refractivity contribution is -0.657. The van der Waals surface area contributed by atoms with Gasteiger partial charge in [-0.1, -0.05) is 66.2 Å². The Bertz CT molecular complexity index is 1070. The predicted octanol–water partition coefficient (Wildman–Crippen LogP) is 5.56. The molecule has 0 bridgehead atoms. The molecule has 134 valence electrons. The van der Waals surface area contributed by atoms with Gasteiger partial charge in [-0.25, -0.2) is 0 Å². The summed E-state index contributed by atoms with van der Waals surface area (Å²) in [5.74, 6) is 0.114. The number of Topliss-reactive ketones (excluding diaryl/α,β-unsaturated/α-hetero) is 1. The molecule has 0 N–H and O–H groups in total. The summed E-state index contributed by atoms with van der Waals surface area (Å²) in [4.78, 5) is 12.8. The molecule has 27 heavy (non-hydrogen) atoms. The molecule has 0 aliphatic heterocycles. The molecule has 3 heteroatoms. The maximum Gasteiger partial charge on any atom is 0.227 e. The molecule has 2 nitrogen and oxygen atoms in total. The number of carbonyl (C=O) groups is 1. The molecule has 3 aromatic carbocycles. The second-order valence-corrected chi connectivity index (χ2v) is 6.56. The Hall–Kier alpha value is -2.78. The fourth-order valence-electron chi connectivity index (χ4n) is 3.26. The number of fused-ring (bicyclic) bond motifs is 1. The molecule has 4 rings (SSSR count). The van der Waals surface area contributed by atoms with Crippen LogP contribution in [0.15, 0.2) is 91.1 Å². The molecule has 0 aliphatic carbocycles. The molecule has 4 aromatic rings. The summed E-state index contributed by atoms with van der Waals surface area (Å²) < 4.78 is 2.02. The van der Waals surface area contributed by atoms with Crippen molar-refractivity contribution < 1.29 is 9.36 Å². The van der Waals surface area contributed by atoms with Crippen LogP contribution in [-0.4, -0.2) is 5.78 Å². The number of pyridine rings is 1. The van der Waals surface area contributed by atoms with Gasteiger partial charge in [-0.15, -0.1) is 17.0 Å². The highest BCUT2D eigenvalue weighted by atomic mass is 79.9. The van der Waals surface area contributed by atoms with E-state index in [0.29, 0.717) is 6.54 Å². The van der Waals surface area contributed by atoms with Crippen molar-refractivity contribution in [3.63, 3.8) is 0 Å². The fourth-order valence-corrected chi connectivity index (χ4v) is 3.26. The molecule has 0 saturated heterocycles. The summed E-state index contributed by atoms with van der Waals surface area (Å²) in [7, 11) is 0. The highest BCUT2D eigenvalue weighted by Gasteiger charge is 2.15. The summed E-state index contributed by atoms with van der Waals surface area (Å²) in [6.07, 6.45) is 1.97. The molecule has 0 amide bonds. The average Bonchev–Trinajstić information content (AvgIpc) is 2.69. The molecule has 0 aliphatic rings. The lowest BCUT2D eigenvalue weighted by Crippen LogP contribution is -2.38. The molecular formula is C24H21BrNO+. The third-order valence-corrected chi connectivity index (χ3v) is 4.66. The van der Waals surface area contributed by atoms with Gasteiger partial charge in [0.2, 0.25) is 17.8 Å². The molecule has 1 aromatic heterocycles. The van der Waals surface area contributed by atoms with Gasteiger partial charge in [0.05, 0.1) is 0 Å². The van der Waals surface area contributed by atoms with Crippen LogP contribution in [0, 0.1) is 6.92 Å². The number of aryl methyl sites for hydroxylation is 1. The molecule has 0 atom stereocenters. The number of nitrogens with zero attached hydrogens (tertiary/aromatic N) is 1. The quantitative estimate of drug-likeness (QED) is 0.313. The van der Waals surface area contributed by atoms with E-state index in [0.717, 1.165) is 27.6 Å². The van der Waals surface area contributed by atoms with Crippen LogP contribution in [-0.2, 0) is 6.54 Å². The number of ketones is 1. The standard InChI is InChI=1S/C24H20NO.BrH/c1-18-9-14-23-22(16-18)8-5-15-25(23)17-24(26)21-12-10-20(11-13-21)19-6-3-2-4-7-19;/h2-16H,17H2,1H3;1H/q+1;. The molecule has 1 heterocycles. The number of hydrogen-bond donors (Lipinski definition) is 0. The zero-order valence-electron chi connectivity index (χ0n) is 15.1. The summed E-state index contributed by atoms with van der Waals surface area (Å²) in [6, 6.07) is 28.4. The van der Waals surface area contributed by atoms with Gasteiger partial charge in [-0.2, -0.15) is 4.57 Å². The van der Waals surface area contributed by atoms with Gasteiger partial charge in [-0.05, 0) is 30.2 Å². The van der Waals surface area contributed by atoms with Crippen molar-refractivity contribution in [3.8, 4) is 11.1 Å². The van der Waals surface area contributed by atoms with E-state index in [4.69, 9.17) is 0 Å². The van der Waals surface area contributed by atoms with Crippen molar-refractivity contribution in [2.24, 2.45) is 0 Å². The van der Waals surface area contributed by atoms with Crippen molar-refractivity contribution in [2.45, 2.75) is 13.5 Å². The average molecular weight is 419 g/mol. The first kappa shape index (κ1) is 19.0. The Morgan fingerprint density at radius 1 is 0.815 bits per heavy atom. The van der Waals surface area contributed by atoms with E-state index in [2.05, 4.69) is 43.3 Å². The molecular weight excluding hydrogens is 398 g/mol. The minimum atomic E-state index is 0. The number of halogens is 1. The smallest absolute Gasteiger partial charge is 0.227 e. The van der Waals surface area contributed by atoms with E-state index in [9.17, 15) is 4.79 Å². The highest BCUT2D eigenvalue weighted by molar-refractivity contribution is 8.93. The first-order valence-electron chi connectivity index (χ1n) is 8.78. The summed E-state index contributed by atoms with van der Waals surface area (Å²) in [5, 5.41) is 1.15. The zero-order valence-corrected chi connectivity index (χ0v) is 16.8. The normalized spacial score (nSPS) is 10.4. The van der Waals surface area contributed by atoms with Crippen molar-refractivity contribution in [3.05, 3.63) is 102 Å². The Balaban J connectivity index is 0.00000210. The van der Waals surface area contributed by atoms with E-state index in [-0.39, 0.29) is 22.8 Å². The van der Waals surface area contributed by atoms with Gasteiger partial charge >= 0.3 is 0 Å². The van der Waals surface area contributed by atoms with Gasteiger partial charge in [0, 0.05) is 23.1 Å². The first-order chi connectivity index (χ1) is 12.7. The Labute approximate surface area is 169 Å². The second kappa shape index (κ2) is 8.28. The van der Waals surface area contributed by atoms with Gasteiger partial charge in [-0.3, -0.25) is 4.79 Å². The van der Waals surface area contributed by atoms with E-state index in [1.54, 1.807) is 0 Å². The van der Waals surface area contributed by atoms with Crippen LogP contribution in [0.3, 0.4) is 0 Å². The van der Waals surface area contributed by atoms with Crippen LogP contribution in [0.5, 0.6) is 0 Å². The summed E-state index contributed by atoms with van der Waals surface area (Å²) >= 11 is 0. The Kier molecular flexibility index (Phi) is 5.82. The lowest BCUT2D eigenvalue weighted by atomic mass is 10.0. The lowest BCUT2D eigenvalue weighted by Gasteiger charge is -2.04. The van der Waals surface area contributed by atoms with Crippen molar-refractivity contribution in [1.82, 2.24) is 0 Å². The topological polar surface area (TPSA) is 20.9 Å². The maximum atomic E-state index is 12.8. The number of aromatic nitrogens is 1. The third kappa shape index (κ3) is 4.15. The van der Waals surface area contributed by atoms with E-state index in [1.807, 2.05) is 59.3 Å². The molecule has 0 radical (unpaired) electrons. The number of carbonyl (C=O) groups excluding carboxylic acids is 1. The Morgan fingerprint density at radius 2 is 1.52 bits per heavy atom. The number of hydrogen-bond acceptors (Lipinski definition) is 1. The van der Waals surface area contributed by atoms with Crippen molar-refractivity contribution in [1.29, 1.82) is 0 Å². The van der Waals surface area contributed by atoms with Gasteiger partial charge in [0.1, 0.15) is 0 Å². The van der Waals surface area contributed by atoms with E-state index in [1.165, 1.54) is 5.56 Å².